The molecule has 1 saturated carbocycles. The smallest absolute Gasteiger partial charge is 0.406 e. The van der Waals surface area contributed by atoms with Crippen LogP contribution in [0.15, 0.2) is 36.8 Å². The van der Waals surface area contributed by atoms with Crippen molar-refractivity contribution in [2.24, 2.45) is 5.92 Å². The molecule has 0 radical (unpaired) electrons. The summed E-state index contributed by atoms with van der Waals surface area (Å²) in [4.78, 5) is 35.4. The second kappa shape index (κ2) is 8.52. The molecular formula is C21H21F3N4O3. The average molecular weight is 434 g/mol. The van der Waals surface area contributed by atoms with Crippen LogP contribution in [0.2, 0.25) is 0 Å². The molecule has 164 valence electrons. The molecule has 0 saturated heterocycles. The molecule has 2 heterocycles. The van der Waals surface area contributed by atoms with Gasteiger partial charge in [0.15, 0.2) is 5.82 Å². The van der Waals surface area contributed by atoms with Crippen LogP contribution in [-0.4, -0.2) is 34.2 Å². The minimum absolute atomic E-state index is 0.0933. The molecule has 7 nitrogen and oxygen atoms in total. The first-order valence-corrected chi connectivity index (χ1v) is 10.1. The van der Waals surface area contributed by atoms with E-state index in [1.54, 1.807) is 0 Å². The van der Waals surface area contributed by atoms with Crippen LogP contribution < -0.4 is 15.0 Å². The van der Waals surface area contributed by atoms with Crippen molar-refractivity contribution in [2.75, 3.05) is 10.2 Å². The van der Waals surface area contributed by atoms with E-state index in [0.717, 1.165) is 31.7 Å². The van der Waals surface area contributed by atoms with E-state index < -0.39 is 24.1 Å². The van der Waals surface area contributed by atoms with Crippen LogP contribution in [0.3, 0.4) is 0 Å². The largest absolute Gasteiger partial charge is 0.573 e. The van der Waals surface area contributed by atoms with Gasteiger partial charge < -0.3 is 10.1 Å². The minimum Gasteiger partial charge on any atom is -0.406 e. The number of aromatic nitrogens is 2. The Morgan fingerprint density at radius 2 is 2.03 bits per heavy atom. The van der Waals surface area contributed by atoms with Crippen LogP contribution >= 0.6 is 0 Å². The molecule has 1 unspecified atom stereocenters. The van der Waals surface area contributed by atoms with E-state index in [1.807, 2.05) is 0 Å². The standard InChI is InChI=1S/C21H21F3N4O3/c22-21(23,24)31-15-5-6-16-14(10-15)11-19(29)28(16)17(9-13-3-1-2-4-13)20(30)27-18-12-25-7-8-26-18/h5-8,10,12-13,17H,1-4,9,11H2,(H,26,27,30). The Hall–Kier alpha value is -3.17. The summed E-state index contributed by atoms with van der Waals surface area (Å²) < 4.78 is 41.6. The monoisotopic (exact) mass is 434 g/mol. The number of hydrogen-bond acceptors (Lipinski definition) is 5. The summed E-state index contributed by atoms with van der Waals surface area (Å²) in [6, 6.07) is 2.96. The quantitative estimate of drug-likeness (QED) is 0.747. The van der Waals surface area contributed by atoms with E-state index in [0.29, 0.717) is 23.6 Å². The summed E-state index contributed by atoms with van der Waals surface area (Å²) in [5.74, 6) is -0.565. The van der Waals surface area contributed by atoms with Gasteiger partial charge in [-0.2, -0.15) is 0 Å². The third-order valence-corrected chi connectivity index (χ3v) is 5.61. The predicted octanol–water partition coefficient (Wildman–Crippen LogP) is 3.85. The topological polar surface area (TPSA) is 84.4 Å². The lowest BCUT2D eigenvalue weighted by Crippen LogP contribution is -2.47. The molecule has 0 spiro atoms. The summed E-state index contributed by atoms with van der Waals surface area (Å²) in [7, 11) is 0. The van der Waals surface area contributed by atoms with Crippen molar-refractivity contribution in [1.82, 2.24) is 9.97 Å². The van der Waals surface area contributed by atoms with E-state index in [2.05, 4.69) is 20.0 Å². The average Bonchev–Trinajstić information content (AvgIpc) is 3.32. The van der Waals surface area contributed by atoms with Crippen molar-refractivity contribution in [1.29, 1.82) is 0 Å². The molecule has 1 atom stereocenters. The fourth-order valence-corrected chi connectivity index (χ4v) is 4.32. The van der Waals surface area contributed by atoms with Gasteiger partial charge >= 0.3 is 6.36 Å². The van der Waals surface area contributed by atoms with E-state index in [-0.39, 0.29) is 18.1 Å². The maximum absolute atomic E-state index is 13.2. The van der Waals surface area contributed by atoms with Gasteiger partial charge in [-0.05, 0) is 36.1 Å². The van der Waals surface area contributed by atoms with Crippen molar-refractivity contribution in [3.05, 3.63) is 42.4 Å². The van der Waals surface area contributed by atoms with Gasteiger partial charge in [-0.15, -0.1) is 13.2 Å². The van der Waals surface area contributed by atoms with Gasteiger partial charge in [-0.1, -0.05) is 25.7 Å². The molecule has 31 heavy (non-hydrogen) atoms. The molecule has 1 aromatic carbocycles. The Bertz CT molecular complexity index is 962. The van der Waals surface area contributed by atoms with E-state index in [9.17, 15) is 22.8 Å². The van der Waals surface area contributed by atoms with Crippen LogP contribution in [-0.2, 0) is 16.0 Å². The van der Waals surface area contributed by atoms with Gasteiger partial charge in [0.1, 0.15) is 11.8 Å². The van der Waals surface area contributed by atoms with Crippen molar-refractivity contribution in [3.8, 4) is 5.75 Å². The highest BCUT2D eigenvalue weighted by Crippen LogP contribution is 2.38. The first-order valence-electron chi connectivity index (χ1n) is 10.1. The normalized spacial score (nSPS) is 17.5. The van der Waals surface area contributed by atoms with Gasteiger partial charge in [0.05, 0.1) is 12.6 Å². The van der Waals surface area contributed by atoms with Crippen LogP contribution in [0.25, 0.3) is 0 Å². The summed E-state index contributed by atoms with van der Waals surface area (Å²) in [6.45, 7) is 0. The molecule has 2 aliphatic rings. The van der Waals surface area contributed by atoms with E-state index >= 15 is 0 Å². The Morgan fingerprint density at radius 1 is 1.26 bits per heavy atom. The van der Waals surface area contributed by atoms with Crippen LogP contribution in [0.4, 0.5) is 24.7 Å². The zero-order valence-corrected chi connectivity index (χ0v) is 16.6. The Kier molecular flexibility index (Phi) is 5.79. The lowest BCUT2D eigenvalue weighted by Gasteiger charge is -2.29. The number of alkyl halides is 3. The predicted molar refractivity (Wildman–Crippen MR) is 105 cm³/mol. The van der Waals surface area contributed by atoms with Crippen LogP contribution in [0.5, 0.6) is 5.75 Å². The number of benzene rings is 1. The number of carbonyl (C=O) groups excluding carboxylic acids is 2. The second-order valence-electron chi connectivity index (χ2n) is 7.76. The number of nitrogens with one attached hydrogen (secondary N) is 1. The minimum atomic E-state index is -4.82. The van der Waals surface area contributed by atoms with Crippen molar-refractivity contribution < 1.29 is 27.5 Å². The lowest BCUT2D eigenvalue weighted by atomic mass is 9.96. The number of ether oxygens (including phenoxy) is 1. The summed E-state index contributed by atoms with van der Waals surface area (Å²) >= 11 is 0. The maximum atomic E-state index is 13.2. The Morgan fingerprint density at radius 3 is 2.71 bits per heavy atom. The molecule has 0 bridgehead atoms. The number of amides is 2. The second-order valence-corrected chi connectivity index (χ2v) is 7.76. The highest BCUT2D eigenvalue weighted by atomic mass is 19.4. The first kappa shape index (κ1) is 21.1. The number of rotatable bonds is 6. The van der Waals surface area contributed by atoms with Gasteiger partial charge in [-0.3, -0.25) is 19.5 Å². The number of carbonyl (C=O) groups is 2. The molecule has 1 N–H and O–H groups in total. The number of fused-ring (bicyclic) bond motifs is 1. The number of hydrogen-bond donors (Lipinski definition) is 1. The van der Waals surface area contributed by atoms with E-state index in [1.165, 1.54) is 35.6 Å². The van der Waals surface area contributed by atoms with E-state index in [4.69, 9.17) is 0 Å². The Labute approximate surface area is 176 Å². The molecule has 1 fully saturated rings. The van der Waals surface area contributed by atoms with Crippen LogP contribution in [0, 0.1) is 5.92 Å². The van der Waals surface area contributed by atoms with Gasteiger partial charge in [0.25, 0.3) is 0 Å². The molecule has 2 amide bonds. The molecular weight excluding hydrogens is 413 g/mol. The lowest BCUT2D eigenvalue weighted by molar-refractivity contribution is -0.274. The van der Waals surface area contributed by atoms with Gasteiger partial charge in [0.2, 0.25) is 11.8 Å². The molecule has 1 aliphatic heterocycles. The fraction of sp³-hybridized carbons (Fsp3) is 0.429. The fourth-order valence-electron chi connectivity index (χ4n) is 4.32. The van der Waals surface area contributed by atoms with Crippen molar-refractivity contribution >= 4 is 23.3 Å². The van der Waals surface area contributed by atoms with Crippen LogP contribution in [0.1, 0.15) is 37.7 Å². The number of anilines is 2. The maximum Gasteiger partial charge on any atom is 0.573 e. The molecule has 1 aromatic heterocycles. The zero-order chi connectivity index (χ0) is 22.0. The Balaban J connectivity index is 1.61. The number of halogens is 3. The molecule has 1 aliphatic carbocycles. The van der Waals surface area contributed by atoms with Gasteiger partial charge in [-0.25, -0.2) is 4.98 Å². The van der Waals surface area contributed by atoms with Crippen molar-refractivity contribution in [3.63, 3.8) is 0 Å². The number of nitrogens with zero attached hydrogens (tertiary/aromatic N) is 3. The summed E-state index contributed by atoms with van der Waals surface area (Å²) in [6.07, 6.45) is 3.99. The zero-order valence-electron chi connectivity index (χ0n) is 16.6. The third kappa shape index (κ3) is 4.95. The molecule has 4 rings (SSSR count). The first-order chi connectivity index (χ1) is 14.8. The summed E-state index contributed by atoms with van der Waals surface area (Å²) in [5, 5.41) is 2.71. The van der Waals surface area contributed by atoms with Gasteiger partial charge in [0, 0.05) is 18.1 Å². The third-order valence-electron chi connectivity index (χ3n) is 5.61. The molecule has 10 heteroatoms. The summed E-state index contributed by atoms with van der Waals surface area (Å²) in [5.41, 5.74) is 0.826. The van der Waals surface area contributed by atoms with Crippen molar-refractivity contribution in [2.45, 2.75) is 50.9 Å². The highest BCUT2D eigenvalue weighted by molar-refractivity contribution is 6.09. The SMILES string of the molecule is O=C(Nc1cnccn1)C(CC1CCCC1)N1C(=O)Cc2cc(OC(F)(F)F)ccc21. The molecule has 2 aromatic rings. The highest BCUT2D eigenvalue weighted by Gasteiger charge is 2.39.